The van der Waals surface area contributed by atoms with Gasteiger partial charge in [-0.3, -0.25) is 0 Å². The zero-order valence-electron chi connectivity index (χ0n) is 1.15. The van der Waals surface area contributed by atoms with Crippen molar-refractivity contribution in [2.45, 2.75) is 0 Å². The van der Waals surface area contributed by atoms with E-state index in [4.69, 9.17) is 1.11 Å². The van der Waals surface area contributed by atoms with Crippen molar-refractivity contribution in [3.63, 3.8) is 0 Å². The van der Waals surface area contributed by atoms with Crippen molar-refractivity contribution >= 4 is 45.5 Å². The first kappa shape index (κ1) is 15.7. The summed E-state index contributed by atoms with van der Waals surface area (Å²) in [6, 6.07) is 0. The Labute approximate surface area is 98.9 Å². The van der Waals surface area contributed by atoms with Gasteiger partial charge in [0, 0.05) is 16.8 Å². The van der Waals surface area contributed by atoms with Crippen molar-refractivity contribution < 1.29 is 56.3 Å². The van der Waals surface area contributed by atoms with E-state index in [9.17, 15) is 0 Å². The Bertz CT molecular complexity index is 8.00. The summed E-state index contributed by atoms with van der Waals surface area (Å²) in [6.07, 6.45) is 0. The van der Waals surface area contributed by atoms with Crippen molar-refractivity contribution in [1.29, 1.82) is 0 Å². The van der Waals surface area contributed by atoms with Gasteiger partial charge in [0.25, 0.3) is 0 Å². The molecule has 0 saturated carbocycles. The van der Waals surface area contributed by atoms with Crippen LogP contribution in [0.15, 0.2) is 0 Å². The maximum absolute atomic E-state index is 8.33. The van der Waals surface area contributed by atoms with Crippen molar-refractivity contribution in [2.24, 2.45) is 0 Å². The summed E-state index contributed by atoms with van der Waals surface area (Å²) in [5.74, 6) is 0. The molecular weight excluding hydrogens is 313 g/mol. The topological polar surface area (TPSA) is 17.1 Å². The quantitative estimate of drug-likeness (QED) is 0.522. The molecule has 0 spiro atoms. The zero-order chi connectivity index (χ0) is 2.00. The van der Waals surface area contributed by atoms with Crippen LogP contribution < -0.4 is 0 Å². The second kappa shape index (κ2) is 16.5. The van der Waals surface area contributed by atoms with Gasteiger partial charge in [-0.25, -0.2) is 0 Å². The summed E-state index contributed by atoms with van der Waals surface area (Å²) < 4.78 is 8.33. The van der Waals surface area contributed by atoms with E-state index < -0.39 is 0 Å². The second-order valence-corrected chi connectivity index (χ2v) is 0. The van der Waals surface area contributed by atoms with Crippen LogP contribution in [0.4, 0.5) is 0 Å². The third kappa shape index (κ3) is 8.93. The molecule has 0 aliphatic heterocycles. The molecule has 0 saturated heterocycles. The Morgan fingerprint density at radius 3 is 1.25 bits per heavy atom. The van der Waals surface area contributed by atoms with Crippen molar-refractivity contribution in [2.75, 3.05) is 0 Å². The molecule has 25 valence electrons. The molecule has 4 heavy (non-hydrogen) atoms. The van der Waals surface area contributed by atoms with Gasteiger partial charge >= 0.3 is 85.0 Å². The summed E-state index contributed by atoms with van der Waals surface area (Å²) >= 11 is 0.333. The first-order valence-electron chi connectivity index (χ1n) is 0.167. The van der Waals surface area contributed by atoms with E-state index in [1.807, 2.05) is 0 Å². The van der Waals surface area contributed by atoms with Gasteiger partial charge in [0.2, 0.25) is 0 Å². The van der Waals surface area contributed by atoms with E-state index in [2.05, 4.69) is 0 Å². The summed E-state index contributed by atoms with van der Waals surface area (Å²) in [5, 5.41) is 0. The minimum absolute atomic E-state index is 0. The minimum atomic E-state index is 0. The van der Waals surface area contributed by atoms with Crippen LogP contribution in [0.1, 0.15) is 0 Å². The first-order valence-corrected chi connectivity index (χ1v) is 1.24. The Hall–Kier alpha value is 3.12. The molecule has 0 N–H and O–H groups in total. The molecule has 0 atom stereocenters. The van der Waals surface area contributed by atoms with Crippen LogP contribution in [0.5, 0.6) is 0 Å². The normalized spacial score (nSPS) is 1.00. The number of hydrogen-bond donors (Lipinski definition) is 0. The fourth-order valence-electron chi connectivity index (χ4n) is 0. The van der Waals surface area contributed by atoms with Crippen LogP contribution in [-0.2, 0) is 17.9 Å². The zero-order valence-corrected chi connectivity index (χ0v) is 4.81. The summed E-state index contributed by atoms with van der Waals surface area (Å²) in [6.45, 7) is 0. The van der Waals surface area contributed by atoms with Gasteiger partial charge in [-0.15, -0.1) is 0 Å². The van der Waals surface area contributed by atoms with Crippen LogP contribution in [0, 0.1) is 38.5 Å². The Balaban J connectivity index is -0.00000000500. The monoisotopic (exact) mass is 317 g/mol. The predicted molar refractivity (Wildman–Crippen MR) is 9.23 cm³/mol. The van der Waals surface area contributed by atoms with Crippen molar-refractivity contribution in [3.8, 4) is 0 Å². The Morgan fingerprint density at radius 2 is 1.25 bits per heavy atom. The van der Waals surface area contributed by atoms with Gasteiger partial charge in [-0.2, -0.15) is 0 Å². The SMILES string of the molecule is [Co].[O]=[Sm].[SrH2]. The van der Waals surface area contributed by atoms with E-state index in [0.29, 0.717) is 38.5 Å². The van der Waals surface area contributed by atoms with E-state index in [1.165, 1.54) is 0 Å². The third-order valence-corrected chi connectivity index (χ3v) is 0. The van der Waals surface area contributed by atoms with Crippen molar-refractivity contribution in [1.82, 2.24) is 0 Å². The van der Waals surface area contributed by atoms with Crippen LogP contribution in [0.2, 0.25) is 0 Å². The molecule has 0 amide bonds. The molecule has 0 aliphatic rings. The Morgan fingerprint density at radius 1 is 1.25 bits per heavy atom. The standard InChI is InChI=1S/Co.O.Sm.Sr.2H. The molecule has 1 nitrogen and oxygen atoms in total. The fraction of sp³-hybridized carbons (Fsp3) is 0. The number of hydrogen-bond acceptors (Lipinski definition) is 1. The van der Waals surface area contributed by atoms with Crippen molar-refractivity contribution in [3.05, 3.63) is 0 Å². The molecule has 4 heteroatoms. The van der Waals surface area contributed by atoms with E-state index in [-0.39, 0.29) is 62.3 Å². The van der Waals surface area contributed by atoms with E-state index in [0.717, 1.165) is 0 Å². The molecule has 0 rings (SSSR count). The average Bonchev–Trinajstić information content (AvgIpc) is 1.00. The molecule has 0 fully saturated rings. The summed E-state index contributed by atoms with van der Waals surface area (Å²) in [4.78, 5) is 0. The van der Waals surface area contributed by atoms with E-state index in [1.54, 1.807) is 0 Å². The number of rotatable bonds is 0. The maximum atomic E-state index is 8.33. The van der Waals surface area contributed by atoms with Gasteiger partial charge in [-0.05, 0) is 0 Å². The van der Waals surface area contributed by atoms with Crippen LogP contribution in [0.25, 0.3) is 0 Å². The summed E-state index contributed by atoms with van der Waals surface area (Å²) in [5.41, 5.74) is 0. The van der Waals surface area contributed by atoms with E-state index >= 15 is 0 Å². The van der Waals surface area contributed by atoms with Gasteiger partial charge in [0.1, 0.15) is 0 Å². The second-order valence-electron chi connectivity index (χ2n) is 0. The molecule has 0 bridgehead atoms. The molecule has 0 unspecified atom stereocenters. The van der Waals surface area contributed by atoms with Gasteiger partial charge < -0.3 is 0 Å². The van der Waals surface area contributed by atoms with Crippen LogP contribution >= 0.6 is 0 Å². The molecule has 0 aromatic rings. The molecular formula is H2CoOSmSr. The fourth-order valence-corrected chi connectivity index (χ4v) is 0. The van der Waals surface area contributed by atoms with Gasteiger partial charge in [-0.1, -0.05) is 0 Å². The molecule has 0 aromatic carbocycles. The van der Waals surface area contributed by atoms with Crippen LogP contribution in [-0.4, -0.2) is 45.5 Å². The molecule has 0 heterocycles. The predicted octanol–water partition coefficient (Wildman–Crippen LogP) is -1.04. The van der Waals surface area contributed by atoms with Gasteiger partial charge in [0.15, 0.2) is 0 Å². The third-order valence-electron chi connectivity index (χ3n) is 0. The average molecular weight is 315 g/mol. The Kier molecular flexibility index (Phi) is 64.7. The molecule has 1 radical (unpaired) electrons. The van der Waals surface area contributed by atoms with Crippen LogP contribution in [0.3, 0.4) is 0 Å². The molecule has 0 aromatic heterocycles. The van der Waals surface area contributed by atoms with Gasteiger partial charge in [0.05, 0.1) is 0 Å². The first-order chi connectivity index (χ1) is 1.00. The molecule has 0 aliphatic carbocycles. The summed E-state index contributed by atoms with van der Waals surface area (Å²) in [7, 11) is 0.